The van der Waals surface area contributed by atoms with Gasteiger partial charge in [0.15, 0.2) is 11.6 Å². The van der Waals surface area contributed by atoms with Crippen molar-refractivity contribution in [2.45, 2.75) is 38.5 Å². The largest absolute Gasteiger partial charge is 0.411 e. The molecule has 0 saturated carbocycles. The standard InChI is InChI=1S/C22H20F2N4O2/c23-19-13-11-17(27-21(19)15-25-29)9-7-5-3-1-2-4-6-8-10-18-12-14-20(24)22(28-18)16-26-30/h11-16,29-30H,1-6H2/b25-15-,26-16+. The van der Waals surface area contributed by atoms with Gasteiger partial charge < -0.3 is 10.4 Å². The van der Waals surface area contributed by atoms with Crippen LogP contribution in [0.4, 0.5) is 8.78 Å². The van der Waals surface area contributed by atoms with Crippen LogP contribution in [0.2, 0.25) is 0 Å². The van der Waals surface area contributed by atoms with E-state index in [0.717, 1.165) is 38.1 Å². The van der Waals surface area contributed by atoms with Crippen molar-refractivity contribution in [3.8, 4) is 23.7 Å². The molecule has 0 bridgehead atoms. The van der Waals surface area contributed by atoms with Crippen LogP contribution in [0.25, 0.3) is 0 Å². The van der Waals surface area contributed by atoms with E-state index in [9.17, 15) is 8.78 Å². The molecule has 0 aliphatic rings. The number of aromatic nitrogens is 2. The Kier molecular flexibility index (Phi) is 9.48. The molecule has 0 aromatic carbocycles. The van der Waals surface area contributed by atoms with Crippen LogP contribution < -0.4 is 0 Å². The van der Waals surface area contributed by atoms with Crippen molar-refractivity contribution in [3.63, 3.8) is 0 Å². The molecule has 6 nitrogen and oxygen atoms in total. The van der Waals surface area contributed by atoms with E-state index >= 15 is 0 Å². The lowest BCUT2D eigenvalue weighted by Crippen LogP contribution is -1.95. The number of hydrogen-bond donors (Lipinski definition) is 2. The van der Waals surface area contributed by atoms with Crippen LogP contribution in [0.5, 0.6) is 0 Å². The molecule has 2 aromatic rings. The lowest BCUT2D eigenvalue weighted by molar-refractivity contribution is 0.321. The first-order valence-electron chi connectivity index (χ1n) is 9.29. The number of pyridine rings is 2. The molecule has 0 atom stereocenters. The van der Waals surface area contributed by atoms with Gasteiger partial charge in [0.1, 0.15) is 22.8 Å². The topological polar surface area (TPSA) is 91.0 Å². The summed E-state index contributed by atoms with van der Waals surface area (Å²) in [5, 5.41) is 22.5. The van der Waals surface area contributed by atoms with Gasteiger partial charge in [-0.2, -0.15) is 0 Å². The van der Waals surface area contributed by atoms with E-state index in [1.54, 1.807) is 0 Å². The summed E-state index contributed by atoms with van der Waals surface area (Å²) in [4.78, 5) is 7.91. The molecule has 2 heterocycles. The maximum atomic E-state index is 13.4. The monoisotopic (exact) mass is 410 g/mol. The molecule has 30 heavy (non-hydrogen) atoms. The van der Waals surface area contributed by atoms with Crippen molar-refractivity contribution in [2.24, 2.45) is 10.3 Å². The number of nitrogens with zero attached hydrogens (tertiary/aromatic N) is 4. The Hall–Kier alpha value is -3.78. The number of oxime groups is 2. The van der Waals surface area contributed by atoms with Crippen molar-refractivity contribution in [1.82, 2.24) is 9.97 Å². The molecule has 154 valence electrons. The van der Waals surface area contributed by atoms with Crippen molar-refractivity contribution in [1.29, 1.82) is 0 Å². The van der Waals surface area contributed by atoms with E-state index in [4.69, 9.17) is 10.4 Å². The summed E-state index contributed by atoms with van der Waals surface area (Å²) in [5.41, 5.74) is 0.729. The Morgan fingerprint density at radius 3 is 1.57 bits per heavy atom. The highest BCUT2D eigenvalue weighted by atomic mass is 19.1. The van der Waals surface area contributed by atoms with Gasteiger partial charge in [0.05, 0.1) is 12.4 Å². The van der Waals surface area contributed by atoms with E-state index in [1.807, 2.05) is 0 Å². The number of unbranched alkanes of at least 4 members (excludes halogenated alkanes) is 5. The van der Waals surface area contributed by atoms with E-state index in [1.165, 1.54) is 24.3 Å². The fraction of sp³-hybridized carbons (Fsp3) is 0.273. The summed E-state index contributed by atoms with van der Waals surface area (Å²) < 4.78 is 26.8. The van der Waals surface area contributed by atoms with Crippen molar-refractivity contribution >= 4 is 12.4 Å². The van der Waals surface area contributed by atoms with Gasteiger partial charge in [-0.25, -0.2) is 18.7 Å². The second-order valence-corrected chi connectivity index (χ2v) is 6.13. The summed E-state index contributed by atoms with van der Waals surface area (Å²) in [6.07, 6.45) is 7.11. The summed E-state index contributed by atoms with van der Waals surface area (Å²) in [7, 11) is 0. The first-order chi connectivity index (χ1) is 14.6. The summed E-state index contributed by atoms with van der Waals surface area (Å²) in [6, 6.07) is 5.42. The fourth-order valence-corrected chi connectivity index (χ4v) is 2.43. The maximum absolute atomic E-state index is 13.4. The minimum Gasteiger partial charge on any atom is -0.411 e. The average molecular weight is 410 g/mol. The number of rotatable bonds is 7. The molecule has 0 fully saturated rings. The van der Waals surface area contributed by atoms with Crippen LogP contribution in [0, 0.1) is 35.3 Å². The molecule has 0 aliphatic carbocycles. The van der Waals surface area contributed by atoms with E-state index in [-0.39, 0.29) is 11.4 Å². The van der Waals surface area contributed by atoms with Crippen LogP contribution in [0.1, 0.15) is 61.3 Å². The lowest BCUT2D eigenvalue weighted by atomic mass is 10.1. The summed E-state index contributed by atoms with van der Waals surface area (Å²) in [5.74, 6) is 10.6. The van der Waals surface area contributed by atoms with Gasteiger partial charge in [-0.05, 0) is 48.9 Å². The Morgan fingerprint density at radius 2 is 1.17 bits per heavy atom. The molecule has 0 unspecified atom stereocenters. The van der Waals surface area contributed by atoms with Gasteiger partial charge in [-0.15, -0.1) is 0 Å². The van der Waals surface area contributed by atoms with Gasteiger partial charge in [0.2, 0.25) is 0 Å². The van der Waals surface area contributed by atoms with E-state index < -0.39 is 11.6 Å². The molecule has 0 saturated heterocycles. The highest BCUT2D eigenvalue weighted by Gasteiger charge is 2.02. The first-order valence-corrected chi connectivity index (χ1v) is 9.29. The molecule has 0 spiro atoms. The minimum absolute atomic E-state index is 0.0565. The highest BCUT2D eigenvalue weighted by molar-refractivity contribution is 5.77. The average Bonchev–Trinajstić information content (AvgIpc) is 2.74. The number of halogens is 2. The Balaban J connectivity index is 1.67. The number of hydrogen-bond acceptors (Lipinski definition) is 6. The SMILES string of the molecule is O/N=C\c1nc(C#CCCCCCCC#Cc2ccc(F)c(/C=N/O)n2)ccc1F. The van der Waals surface area contributed by atoms with Gasteiger partial charge in [0.25, 0.3) is 0 Å². The van der Waals surface area contributed by atoms with Gasteiger partial charge in [-0.3, -0.25) is 0 Å². The quantitative estimate of drug-likeness (QED) is 0.236. The predicted molar refractivity (Wildman–Crippen MR) is 109 cm³/mol. The van der Waals surface area contributed by atoms with Crippen LogP contribution in [-0.2, 0) is 0 Å². The smallest absolute Gasteiger partial charge is 0.150 e. The lowest BCUT2D eigenvalue weighted by Gasteiger charge is -1.97. The summed E-state index contributed by atoms with van der Waals surface area (Å²) >= 11 is 0. The Labute approximate surface area is 173 Å². The second kappa shape index (κ2) is 12.6. The van der Waals surface area contributed by atoms with E-state index in [0.29, 0.717) is 24.2 Å². The molecular weight excluding hydrogens is 390 g/mol. The predicted octanol–water partition coefficient (Wildman–Crippen LogP) is 4.11. The maximum Gasteiger partial charge on any atom is 0.150 e. The second-order valence-electron chi connectivity index (χ2n) is 6.13. The third kappa shape index (κ3) is 7.69. The molecule has 0 aliphatic heterocycles. The zero-order valence-electron chi connectivity index (χ0n) is 16.1. The molecular formula is C22H20F2N4O2. The third-order valence-electron chi connectivity index (χ3n) is 3.89. The third-order valence-corrected chi connectivity index (χ3v) is 3.89. The van der Waals surface area contributed by atoms with Crippen LogP contribution in [0.3, 0.4) is 0 Å². The molecule has 2 N–H and O–H groups in total. The van der Waals surface area contributed by atoms with Crippen molar-refractivity contribution in [2.75, 3.05) is 0 Å². The molecule has 2 rings (SSSR count). The zero-order valence-corrected chi connectivity index (χ0v) is 16.1. The van der Waals surface area contributed by atoms with E-state index in [2.05, 4.69) is 44.0 Å². The van der Waals surface area contributed by atoms with Crippen LogP contribution in [0.15, 0.2) is 34.6 Å². The molecule has 0 amide bonds. The van der Waals surface area contributed by atoms with Crippen LogP contribution in [-0.4, -0.2) is 32.8 Å². The van der Waals surface area contributed by atoms with Crippen LogP contribution >= 0.6 is 0 Å². The normalized spacial score (nSPS) is 10.6. The zero-order chi connectivity index (χ0) is 21.6. The van der Waals surface area contributed by atoms with Gasteiger partial charge >= 0.3 is 0 Å². The van der Waals surface area contributed by atoms with Crippen molar-refractivity contribution in [3.05, 3.63) is 58.7 Å². The minimum atomic E-state index is -0.573. The fourth-order valence-electron chi connectivity index (χ4n) is 2.43. The molecule has 0 radical (unpaired) electrons. The Morgan fingerprint density at radius 1 is 0.733 bits per heavy atom. The van der Waals surface area contributed by atoms with Crippen molar-refractivity contribution < 1.29 is 19.2 Å². The van der Waals surface area contributed by atoms with Gasteiger partial charge in [-0.1, -0.05) is 35.0 Å². The highest BCUT2D eigenvalue weighted by Crippen LogP contribution is 2.07. The van der Waals surface area contributed by atoms with Gasteiger partial charge in [0, 0.05) is 12.8 Å². The first kappa shape index (κ1) is 22.5. The molecule has 8 heteroatoms. The molecule has 2 aromatic heterocycles. The Bertz CT molecular complexity index is 947. The summed E-state index contributed by atoms with van der Waals surface area (Å²) in [6.45, 7) is 0.